The Bertz CT molecular complexity index is 684. The first-order chi connectivity index (χ1) is 7.65. The number of hydrogen-bond donors (Lipinski definition) is 0. The van der Waals surface area contributed by atoms with Gasteiger partial charge in [0.1, 0.15) is 4.90 Å². The van der Waals surface area contributed by atoms with Gasteiger partial charge in [-0.25, -0.2) is 8.42 Å². The Morgan fingerprint density at radius 2 is 2.00 bits per heavy atom. The van der Waals surface area contributed by atoms with Gasteiger partial charge in [-0.3, -0.25) is 4.98 Å². The Hall–Kier alpha value is -2.11. The second kappa shape index (κ2) is 3.80. The zero-order valence-corrected chi connectivity index (χ0v) is 8.79. The highest BCUT2D eigenvalue weighted by molar-refractivity contribution is 7.90. The third-order valence-corrected chi connectivity index (χ3v) is 3.19. The van der Waals surface area contributed by atoms with E-state index in [9.17, 15) is 8.42 Å². The van der Waals surface area contributed by atoms with E-state index in [4.69, 9.17) is 5.53 Å². The van der Waals surface area contributed by atoms with Gasteiger partial charge in [0.2, 0.25) is 0 Å². The first-order valence-electron chi connectivity index (χ1n) is 4.30. The van der Waals surface area contributed by atoms with Gasteiger partial charge in [-0.15, -0.1) is 0 Å². The molecule has 0 aliphatic heterocycles. The molecule has 2 rings (SSSR count). The average molecular weight is 234 g/mol. The number of azide groups is 1. The van der Waals surface area contributed by atoms with Gasteiger partial charge in [0, 0.05) is 21.0 Å². The van der Waals surface area contributed by atoms with Crippen LogP contribution in [-0.4, -0.2) is 13.4 Å². The fraction of sp³-hybridized carbons (Fsp3) is 0. The van der Waals surface area contributed by atoms with Crippen LogP contribution in [0.1, 0.15) is 0 Å². The minimum Gasteiger partial charge on any atom is -0.255 e. The molecule has 2 aromatic rings. The molecule has 7 heteroatoms. The molecule has 0 aliphatic rings. The fourth-order valence-corrected chi connectivity index (χ4v) is 2.23. The molecule has 0 N–H and O–H groups in total. The van der Waals surface area contributed by atoms with Crippen molar-refractivity contribution in [1.82, 2.24) is 4.98 Å². The smallest absolute Gasteiger partial charge is 0.255 e. The zero-order chi connectivity index (χ0) is 11.6. The van der Waals surface area contributed by atoms with Gasteiger partial charge >= 0.3 is 0 Å². The molecule has 0 aliphatic carbocycles. The van der Waals surface area contributed by atoms with Crippen molar-refractivity contribution >= 4 is 20.9 Å². The molecule has 6 nitrogen and oxygen atoms in total. The van der Waals surface area contributed by atoms with Gasteiger partial charge in [-0.05, 0) is 17.7 Å². The maximum Gasteiger partial charge on any atom is 0.266 e. The van der Waals surface area contributed by atoms with E-state index in [-0.39, 0.29) is 4.90 Å². The van der Waals surface area contributed by atoms with Crippen LogP contribution in [-0.2, 0) is 10.0 Å². The molecule has 0 radical (unpaired) electrons. The van der Waals surface area contributed by atoms with Gasteiger partial charge in [0.25, 0.3) is 10.0 Å². The summed E-state index contributed by atoms with van der Waals surface area (Å²) in [6.07, 6.45) is 1.48. The van der Waals surface area contributed by atoms with Crippen molar-refractivity contribution in [3.05, 3.63) is 47.0 Å². The van der Waals surface area contributed by atoms with E-state index in [1.165, 1.54) is 12.3 Å². The van der Waals surface area contributed by atoms with Crippen molar-refractivity contribution in [1.29, 1.82) is 0 Å². The molecule has 0 unspecified atom stereocenters. The minimum absolute atomic E-state index is 0.0802. The van der Waals surface area contributed by atoms with E-state index in [0.29, 0.717) is 10.9 Å². The van der Waals surface area contributed by atoms with Crippen molar-refractivity contribution in [2.45, 2.75) is 4.90 Å². The van der Waals surface area contributed by atoms with E-state index in [2.05, 4.69) is 14.4 Å². The highest BCUT2D eigenvalue weighted by atomic mass is 32.2. The molecule has 0 spiro atoms. The second-order valence-electron chi connectivity index (χ2n) is 2.98. The molecule has 0 bridgehead atoms. The number of fused-ring (bicyclic) bond motifs is 1. The van der Waals surface area contributed by atoms with E-state index >= 15 is 0 Å². The lowest BCUT2D eigenvalue weighted by atomic mass is 10.2. The second-order valence-corrected chi connectivity index (χ2v) is 4.53. The van der Waals surface area contributed by atoms with Crippen LogP contribution in [0.15, 0.2) is 45.9 Å². The van der Waals surface area contributed by atoms with Crippen molar-refractivity contribution in [2.75, 3.05) is 0 Å². The largest absolute Gasteiger partial charge is 0.266 e. The topological polar surface area (TPSA) is 95.8 Å². The predicted molar refractivity (Wildman–Crippen MR) is 58.1 cm³/mol. The Morgan fingerprint density at radius 1 is 1.25 bits per heavy atom. The van der Waals surface area contributed by atoms with Crippen molar-refractivity contribution in [3.8, 4) is 0 Å². The van der Waals surface area contributed by atoms with Crippen LogP contribution in [0.4, 0.5) is 0 Å². The third kappa shape index (κ3) is 1.69. The van der Waals surface area contributed by atoms with Crippen LogP contribution >= 0.6 is 0 Å². The van der Waals surface area contributed by atoms with Crippen molar-refractivity contribution in [2.24, 2.45) is 4.52 Å². The molecular weight excluding hydrogens is 228 g/mol. The van der Waals surface area contributed by atoms with E-state index < -0.39 is 10.0 Å². The number of benzene rings is 1. The monoisotopic (exact) mass is 234 g/mol. The number of sulfonamides is 1. The molecular formula is C9H6N4O2S. The fourth-order valence-electron chi connectivity index (χ4n) is 1.38. The van der Waals surface area contributed by atoms with Crippen LogP contribution in [0.25, 0.3) is 21.3 Å². The lowest BCUT2D eigenvalue weighted by Gasteiger charge is -2.01. The summed E-state index contributed by atoms with van der Waals surface area (Å²) in [4.78, 5) is 6.19. The first kappa shape index (κ1) is 10.4. The third-order valence-electron chi connectivity index (χ3n) is 2.02. The number of pyridine rings is 1. The number of aromatic nitrogens is 1. The van der Waals surface area contributed by atoms with Gasteiger partial charge in [-0.2, -0.15) is 0 Å². The summed E-state index contributed by atoms with van der Waals surface area (Å²) < 4.78 is 26.0. The summed E-state index contributed by atoms with van der Waals surface area (Å²) >= 11 is 0. The summed E-state index contributed by atoms with van der Waals surface area (Å²) in [6, 6.07) is 8.10. The van der Waals surface area contributed by atoms with Gasteiger partial charge in [-0.1, -0.05) is 18.2 Å². The maximum absolute atomic E-state index is 11.6. The molecule has 0 atom stereocenters. The van der Waals surface area contributed by atoms with Gasteiger partial charge < -0.3 is 0 Å². The molecule has 0 saturated carbocycles. The van der Waals surface area contributed by atoms with Crippen molar-refractivity contribution in [3.63, 3.8) is 0 Å². The number of para-hydroxylation sites is 1. The lowest BCUT2D eigenvalue weighted by Crippen LogP contribution is -1.97. The average Bonchev–Trinajstić information content (AvgIpc) is 2.28. The molecule has 16 heavy (non-hydrogen) atoms. The maximum atomic E-state index is 11.6. The zero-order valence-electron chi connectivity index (χ0n) is 7.98. The van der Waals surface area contributed by atoms with Crippen LogP contribution in [0.3, 0.4) is 0 Å². The normalized spacial score (nSPS) is 11.0. The summed E-state index contributed by atoms with van der Waals surface area (Å²) in [6.45, 7) is 0. The summed E-state index contributed by atoms with van der Waals surface area (Å²) in [5, 5.41) is 0.678. The minimum atomic E-state index is -3.99. The summed E-state index contributed by atoms with van der Waals surface area (Å²) in [7, 11) is -3.99. The van der Waals surface area contributed by atoms with Crippen molar-refractivity contribution < 1.29 is 8.42 Å². The van der Waals surface area contributed by atoms with Gasteiger partial charge in [0.05, 0.1) is 5.52 Å². The molecule has 1 heterocycles. The predicted octanol–water partition coefficient (Wildman–Crippen LogP) is 2.23. The number of hydrogen-bond acceptors (Lipinski definition) is 3. The van der Waals surface area contributed by atoms with Crippen LogP contribution in [0, 0.1) is 0 Å². The van der Waals surface area contributed by atoms with Crippen LogP contribution in [0.5, 0.6) is 0 Å². The summed E-state index contributed by atoms with van der Waals surface area (Å²) in [5.41, 5.74) is 8.50. The van der Waals surface area contributed by atoms with E-state index in [0.717, 1.165) is 0 Å². The Labute approximate surface area is 91.2 Å². The Morgan fingerprint density at radius 3 is 2.75 bits per heavy atom. The number of nitrogens with zero attached hydrogens (tertiary/aromatic N) is 4. The molecule has 0 amide bonds. The first-order valence-corrected chi connectivity index (χ1v) is 5.74. The molecule has 80 valence electrons. The molecule has 1 aromatic carbocycles. The Kier molecular flexibility index (Phi) is 2.47. The Balaban J connectivity index is 2.85. The van der Waals surface area contributed by atoms with Crippen LogP contribution < -0.4 is 0 Å². The van der Waals surface area contributed by atoms with Crippen LogP contribution in [0.2, 0.25) is 0 Å². The highest BCUT2D eigenvalue weighted by Crippen LogP contribution is 2.22. The SMILES string of the molecule is [N-]=[N+]=NS(=O)(=O)c1cccc2cccnc12. The van der Waals surface area contributed by atoms with Gasteiger partial charge in [0.15, 0.2) is 0 Å². The standard InChI is InChI=1S/C9H6N4O2S/c10-12-13-16(14,15)8-5-1-3-7-4-2-6-11-9(7)8/h1-6H. The quantitative estimate of drug-likeness (QED) is 0.452. The molecule has 1 aromatic heterocycles. The molecule has 0 fully saturated rings. The highest BCUT2D eigenvalue weighted by Gasteiger charge is 2.15. The lowest BCUT2D eigenvalue weighted by molar-refractivity contribution is 0.598. The molecule has 0 saturated heterocycles. The van der Waals surface area contributed by atoms with E-state index in [1.54, 1.807) is 24.3 Å². The summed E-state index contributed by atoms with van der Waals surface area (Å²) in [5.74, 6) is 0. The number of rotatable bonds is 2. The van der Waals surface area contributed by atoms with E-state index in [1.807, 2.05) is 0 Å².